The third-order valence-electron chi connectivity index (χ3n) is 2.70. The third kappa shape index (κ3) is 2.75. The van der Waals surface area contributed by atoms with Crippen molar-refractivity contribution in [2.75, 3.05) is 12.0 Å². The molecule has 2 atom stereocenters. The SMILES string of the molecule is O=C1NCCC(O)C1C(=O)NNc1ccncc1. The molecule has 7 heteroatoms. The lowest BCUT2D eigenvalue weighted by Crippen LogP contribution is -2.52. The summed E-state index contributed by atoms with van der Waals surface area (Å²) in [5.74, 6) is -2.09. The number of carbonyl (C=O) groups excluding carboxylic acids is 2. The van der Waals surface area contributed by atoms with Crippen LogP contribution in [0.15, 0.2) is 24.5 Å². The van der Waals surface area contributed by atoms with Gasteiger partial charge in [-0.1, -0.05) is 0 Å². The Morgan fingerprint density at radius 3 is 2.83 bits per heavy atom. The minimum absolute atomic E-state index is 0.374. The van der Waals surface area contributed by atoms with E-state index >= 15 is 0 Å². The Labute approximate surface area is 104 Å². The molecule has 2 unspecified atom stereocenters. The molecule has 1 aliphatic heterocycles. The number of aromatic nitrogens is 1. The molecule has 0 aliphatic carbocycles. The van der Waals surface area contributed by atoms with Gasteiger partial charge in [-0.05, 0) is 18.6 Å². The van der Waals surface area contributed by atoms with Gasteiger partial charge in [0, 0.05) is 18.9 Å². The minimum atomic E-state index is -1.08. The van der Waals surface area contributed by atoms with E-state index in [1.807, 2.05) is 0 Å². The van der Waals surface area contributed by atoms with Crippen molar-refractivity contribution in [1.82, 2.24) is 15.7 Å². The number of nitrogens with one attached hydrogen (secondary N) is 3. The Kier molecular flexibility index (Phi) is 3.73. The monoisotopic (exact) mass is 250 g/mol. The zero-order valence-corrected chi connectivity index (χ0v) is 9.59. The molecule has 0 radical (unpaired) electrons. The molecule has 1 aromatic rings. The molecule has 7 nitrogen and oxygen atoms in total. The molecule has 0 bridgehead atoms. The standard InChI is InChI=1S/C11H14N4O3/c16-8-3-6-13-10(17)9(8)11(18)15-14-7-1-4-12-5-2-7/h1-2,4-5,8-9,16H,3,6H2,(H,12,14)(H,13,17)(H,15,18). The van der Waals surface area contributed by atoms with Gasteiger partial charge in [0.15, 0.2) is 0 Å². The zero-order chi connectivity index (χ0) is 13.0. The van der Waals surface area contributed by atoms with Crippen LogP contribution < -0.4 is 16.2 Å². The molecule has 0 spiro atoms. The lowest BCUT2D eigenvalue weighted by molar-refractivity contribution is -0.142. The summed E-state index contributed by atoms with van der Waals surface area (Å²) in [5, 5.41) is 12.2. The van der Waals surface area contributed by atoms with Gasteiger partial charge in [-0.2, -0.15) is 0 Å². The molecule has 1 saturated heterocycles. The number of aliphatic hydroxyl groups excluding tert-OH is 1. The summed E-state index contributed by atoms with van der Waals surface area (Å²) in [4.78, 5) is 27.1. The maximum absolute atomic E-state index is 11.8. The predicted molar refractivity (Wildman–Crippen MR) is 63.1 cm³/mol. The van der Waals surface area contributed by atoms with Crippen LogP contribution in [0.4, 0.5) is 5.69 Å². The van der Waals surface area contributed by atoms with Crippen molar-refractivity contribution in [3.05, 3.63) is 24.5 Å². The number of hydrogen-bond acceptors (Lipinski definition) is 5. The van der Waals surface area contributed by atoms with Crippen molar-refractivity contribution in [3.63, 3.8) is 0 Å². The highest BCUT2D eigenvalue weighted by atomic mass is 16.3. The largest absolute Gasteiger partial charge is 0.392 e. The molecule has 0 saturated carbocycles. The van der Waals surface area contributed by atoms with E-state index in [2.05, 4.69) is 21.2 Å². The van der Waals surface area contributed by atoms with Crippen molar-refractivity contribution < 1.29 is 14.7 Å². The van der Waals surface area contributed by atoms with Crippen LogP contribution in [0.1, 0.15) is 6.42 Å². The number of nitrogens with zero attached hydrogens (tertiary/aromatic N) is 1. The highest BCUT2D eigenvalue weighted by Gasteiger charge is 2.36. The third-order valence-corrected chi connectivity index (χ3v) is 2.70. The maximum atomic E-state index is 11.8. The number of pyridine rings is 1. The average Bonchev–Trinajstić information content (AvgIpc) is 2.37. The molecule has 2 rings (SSSR count). The van der Waals surface area contributed by atoms with E-state index < -0.39 is 23.8 Å². The highest BCUT2D eigenvalue weighted by Crippen LogP contribution is 2.12. The van der Waals surface area contributed by atoms with Crippen molar-refractivity contribution in [2.24, 2.45) is 5.92 Å². The molecule has 1 aromatic heterocycles. The zero-order valence-electron chi connectivity index (χ0n) is 9.59. The van der Waals surface area contributed by atoms with Gasteiger partial charge in [0.1, 0.15) is 5.92 Å². The van der Waals surface area contributed by atoms with E-state index in [1.165, 1.54) is 0 Å². The molecule has 96 valence electrons. The van der Waals surface area contributed by atoms with Gasteiger partial charge in [0.2, 0.25) is 5.91 Å². The number of amides is 2. The van der Waals surface area contributed by atoms with Gasteiger partial charge in [-0.25, -0.2) is 0 Å². The normalized spacial score (nSPS) is 23.1. The molecule has 2 amide bonds. The Morgan fingerprint density at radius 1 is 1.44 bits per heavy atom. The Balaban J connectivity index is 1.93. The predicted octanol–water partition coefficient (Wildman–Crippen LogP) is -0.978. The summed E-state index contributed by atoms with van der Waals surface area (Å²) < 4.78 is 0. The fraction of sp³-hybridized carbons (Fsp3) is 0.364. The summed E-state index contributed by atoms with van der Waals surface area (Å²) in [6.07, 6.45) is 2.56. The van der Waals surface area contributed by atoms with Crippen molar-refractivity contribution in [3.8, 4) is 0 Å². The summed E-state index contributed by atoms with van der Waals surface area (Å²) in [6, 6.07) is 3.33. The molecule has 1 fully saturated rings. The highest BCUT2D eigenvalue weighted by molar-refractivity contribution is 6.01. The first-order valence-electron chi connectivity index (χ1n) is 5.60. The second kappa shape index (κ2) is 5.46. The Morgan fingerprint density at radius 2 is 2.17 bits per heavy atom. The molecular formula is C11H14N4O3. The second-order valence-corrected chi connectivity index (χ2v) is 3.97. The lowest BCUT2D eigenvalue weighted by Gasteiger charge is -2.26. The van der Waals surface area contributed by atoms with Crippen LogP contribution >= 0.6 is 0 Å². The quantitative estimate of drug-likeness (QED) is 0.408. The van der Waals surface area contributed by atoms with Crippen LogP contribution in [0.5, 0.6) is 0 Å². The number of carbonyl (C=O) groups is 2. The van der Waals surface area contributed by atoms with Crippen LogP contribution in [-0.4, -0.2) is 34.6 Å². The summed E-state index contributed by atoms with van der Waals surface area (Å²) in [5.41, 5.74) is 5.69. The van der Waals surface area contributed by atoms with Gasteiger partial charge in [0.25, 0.3) is 5.91 Å². The molecule has 0 aromatic carbocycles. The van der Waals surface area contributed by atoms with Crippen LogP contribution in [0.2, 0.25) is 0 Å². The van der Waals surface area contributed by atoms with Crippen molar-refractivity contribution in [1.29, 1.82) is 0 Å². The summed E-state index contributed by atoms with van der Waals surface area (Å²) in [7, 11) is 0. The van der Waals surface area contributed by atoms with E-state index in [4.69, 9.17) is 0 Å². The van der Waals surface area contributed by atoms with Crippen molar-refractivity contribution in [2.45, 2.75) is 12.5 Å². The summed E-state index contributed by atoms with van der Waals surface area (Å²) in [6.45, 7) is 0.390. The number of anilines is 1. The fourth-order valence-corrected chi connectivity index (χ4v) is 1.74. The number of hydrogen-bond donors (Lipinski definition) is 4. The lowest BCUT2D eigenvalue weighted by atomic mass is 9.95. The van der Waals surface area contributed by atoms with E-state index in [0.717, 1.165) is 0 Å². The van der Waals surface area contributed by atoms with Gasteiger partial charge >= 0.3 is 0 Å². The number of piperidine rings is 1. The number of aliphatic hydroxyl groups is 1. The Bertz CT molecular complexity index is 437. The van der Waals surface area contributed by atoms with Gasteiger partial charge in [-0.15, -0.1) is 0 Å². The Hall–Kier alpha value is -2.15. The van der Waals surface area contributed by atoms with Crippen molar-refractivity contribution >= 4 is 17.5 Å². The fourth-order valence-electron chi connectivity index (χ4n) is 1.74. The molecule has 1 aliphatic rings. The molecule has 2 heterocycles. The maximum Gasteiger partial charge on any atom is 0.253 e. The molecule has 18 heavy (non-hydrogen) atoms. The van der Waals surface area contributed by atoms with E-state index in [9.17, 15) is 14.7 Å². The van der Waals surface area contributed by atoms with Gasteiger partial charge < -0.3 is 10.4 Å². The first kappa shape index (κ1) is 12.3. The first-order valence-corrected chi connectivity index (χ1v) is 5.60. The van der Waals surface area contributed by atoms with Crippen LogP contribution in [0, 0.1) is 5.92 Å². The average molecular weight is 250 g/mol. The topological polar surface area (TPSA) is 103 Å². The van der Waals surface area contributed by atoms with Crippen LogP contribution in [-0.2, 0) is 9.59 Å². The summed E-state index contributed by atoms with van der Waals surface area (Å²) >= 11 is 0. The van der Waals surface area contributed by atoms with E-state index in [-0.39, 0.29) is 0 Å². The van der Waals surface area contributed by atoms with E-state index in [1.54, 1.807) is 24.5 Å². The minimum Gasteiger partial charge on any atom is -0.392 e. The van der Waals surface area contributed by atoms with Crippen LogP contribution in [0.25, 0.3) is 0 Å². The first-order chi connectivity index (χ1) is 8.68. The van der Waals surface area contributed by atoms with Gasteiger partial charge in [-0.3, -0.25) is 25.4 Å². The number of hydrazine groups is 1. The molecular weight excluding hydrogens is 236 g/mol. The number of rotatable bonds is 3. The van der Waals surface area contributed by atoms with Crippen LogP contribution in [0.3, 0.4) is 0 Å². The molecule has 4 N–H and O–H groups in total. The second-order valence-electron chi connectivity index (χ2n) is 3.97. The smallest absolute Gasteiger partial charge is 0.253 e. The van der Waals surface area contributed by atoms with Gasteiger partial charge in [0.05, 0.1) is 11.8 Å². The van der Waals surface area contributed by atoms with E-state index in [0.29, 0.717) is 18.7 Å².